The summed E-state index contributed by atoms with van der Waals surface area (Å²) in [7, 11) is -3.12. The predicted molar refractivity (Wildman–Crippen MR) is 83.4 cm³/mol. The lowest BCUT2D eigenvalue weighted by molar-refractivity contribution is 0.602. The number of thioether (sulfide) groups is 1. The monoisotopic (exact) mass is 307 g/mol. The van der Waals surface area contributed by atoms with Crippen LogP contribution in [-0.2, 0) is 22.1 Å². The zero-order chi connectivity index (χ0) is 14.6. The molecule has 2 N–H and O–H groups in total. The van der Waals surface area contributed by atoms with Gasteiger partial charge in [-0.1, -0.05) is 24.3 Å². The molecule has 0 bridgehead atoms. The van der Waals surface area contributed by atoms with Gasteiger partial charge in [0.15, 0.2) is 9.84 Å². The molecule has 20 heavy (non-hydrogen) atoms. The highest BCUT2D eigenvalue weighted by Crippen LogP contribution is 2.24. The average Bonchev–Trinajstić information content (AvgIpc) is 2.45. The van der Waals surface area contributed by atoms with Crippen LogP contribution in [-0.4, -0.2) is 14.7 Å². The molecule has 0 radical (unpaired) electrons. The standard InChI is InChI=1S/C15H17NO2S2/c1-20(17,18)15-8-6-14(7-9-15)19-11-13-4-2-12(10-16)3-5-13/h2-9H,10-11,16H2,1H3. The van der Waals surface area contributed by atoms with Crippen LogP contribution < -0.4 is 5.73 Å². The van der Waals surface area contributed by atoms with Crippen molar-refractivity contribution in [1.82, 2.24) is 0 Å². The molecule has 0 aliphatic rings. The van der Waals surface area contributed by atoms with E-state index >= 15 is 0 Å². The van der Waals surface area contributed by atoms with Crippen LogP contribution in [0.5, 0.6) is 0 Å². The minimum absolute atomic E-state index is 0.356. The molecule has 0 aliphatic heterocycles. The van der Waals surface area contributed by atoms with E-state index in [1.807, 2.05) is 24.3 Å². The van der Waals surface area contributed by atoms with Crippen molar-refractivity contribution < 1.29 is 8.42 Å². The lowest BCUT2D eigenvalue weighted by Crippen LogP contribution is -1.96. The van der Waals surface area contributed by atoms with Gasteiger partial charge in [-0.3, -0.25) is 0 Å². The third-order valence-electron chi connectivity index (χ3n) is 2.92. The first-order chi connectivity index (χ1) is 9.49. The van der Waals surface area contributed by atoms with Gasteiger partial charge >= 0.3 is 0 Å². The second-order valence-corrected chi connectivity index (χ2v) is 7.62. The molecule has 0 unspecified atom stereocenters. The normalized spacial score (nSPS) is 11.5. The van der Waals surface area contributed by atoms with Crippen LogP contribution in [0.4, 0.5) is 0 Å². The quantitative estimate of drug-likeness (QED) is 0.863. The van der Waals surface area contributed by atoms with Gasteiger partial charge in [0.1, 0.15) is 0 Å². The van der Waals surface area contributed by atoms with Gasteiger partial charge < -0.3 is 5.73 Å². The summed E-state index contributed by atoms with van der Waals surface area (Å²) in [6, 6.07) is 15.2. The molecule has 0 spiro atoms. The fourth-order valence-electron chi connectivity index (χ4n) is 1.72. The topological polar surface area (TPSA) is 60.2 Å². The molecule has 0 aliphatic carbocycles. The molecule has 0 saturated heterocycles. The molecular formula is C15H17NO2S2. The maximum absolute atomic E-state index is 11.4. The maximum atomic E-state index is 11.4. The lowest BCUT2D eigenvalue weighted by Gasteiger charge is -2.04. The zero-order valence-electron chi connectivity index (χ0n) is 11.2. The second kappa shape index (κ2) is 6.43. The molecule has 0 aromatic heterocycles. The molecule has 0 fully saturated rings. The van der Waals surface area contributed by atoms with E-state index in [9.17, 15) is 8.42 Å². The Kier molecular flexibility index (Phi) is 4.86. The van der Waals surface area contributed by atoms with Crippen molar-refractivity contribution in [2.75, 3.05) is 6.26 Å². The van der Waals surface area contributed by atoms with Crippen molar-refractivity contribution in [2.24, 2.45) is 5.73 Å². The number of hydrogen-bond acceptors (Lipinski definition) is 4. The van der Waals surface area contributed by atoms with Crippen LogP contribution in [0, 0.1) is 0 Å². The van der Waals surface area contributed by atoms with Crippen LogP contribution in [0.1, 0.15) is 11.1 Å². The molecular weight excluding hydrogens is 290 g/mol. The summed E-state index contributed by atoms with van der Waals surface area (Å²) in [5.74, 6) is 0.850. The van der Waals surface area contributed by atoms with Crippen molar-refractivity contribution in [3.63, 3.8) is 0 Å². The SMILES string of the molecule is CS(=O)(=O)c1ccc(SCc2ccc(CN)cc2)cc1. The van der Waals surface area contributed by atoms with Crippen molar-refractivity contribution in [2.45, 2.75) is 22.1 Å². The van der Waals surface area contributed by atoms with E-state index in [1.165, 1.54) is 11.8 Å². The van der Waals surface area contributed by atoms with Gasteiger partial charge in [-0.2, -0.15) is 0 Å². The largest absolute Gasteiger partial charge is 0.326 e. The van der Waals surface area contributed by atoms with E-state index in [-0.39, 0.29) is 0 Å². The molecule has 0 heterocycles. The van der Waals surface area contributed by atoms with Crippen LogP contribution in [0.15, 0.2) is 58.3 Å². The Morgan fingerprint density at radius 1 is 0.950 bits per heavy atom. The first kappa shape index (κ1) is 15.1. The van der Waals surface area contributed by atoms with Crippen LogP contribution in [0.3, 0.4) is 0 Å². The molecule has 2 rings (SSSR count). The van der Waals surface area contributed by atoms with Crippen molar-refractivity contribution >= 4 is 21.6 Å². The zero-order valence-corrected chi connectivity index (χ0v) is 12.9. The molecule has 3 nitrogen and oxygen atoms in total. The Hall–Kier alpha value is -1.30. The highest BCUT2D eigenvalue weighted by atomic mass is 32.2. The molecule has 0 atom stereocenters. The van der Waals surface area contributed by atoms with Crippen LogP contribution >= 0.6 is 11.8 Å². The predicted octanol–water partition coefficient (Wildman–Crippen LogP) is 2.84. The summed E-state index contributed by atoms with van der Waals surface area (Å²) in [6.07, 6.45) is 1.22. The number of rotatable bonds is 5. The fourth-order valence-corrected chi connectivity index (χ4v) is 3.21. The first-order valence-electron chi connectivity index (χ1n) is 6.20. The number of nitrogens with two attached hydrogens (primary N) is 1. The van der Waals surface area contributed by atoms with Gasteiger partial charge in [0.2, 0.25) is 0 Å². The second-order valence-electron chi connectivity index (χ2n) is 4.55. The Morgan fingerprint density at radius 3 is 2.00 bits per heavy atom. The summed E-state index contributed by atoms with van der Waals surface area (Å²) in [5, 5.41) is 0. The Bertz CT molecular complexity index is 662. The smallest absolute Gasteiger partial charge is 0.175 e. The van der Waals surface area contributed by atoms with Crippen LogP contribution in [0.25, 0.3) is 0 Å². The summed E-state index contributed by atoms with van der Waals surface area (Å²) in [4.78, 5) is 1.41. The van der Waals surface area contributed by atoms with E-state index in [2.05, 4.69) is 12.1 Å². The fraction of sp³-hybridized carbons (Fsp3) is 0.200. The van der Waals surface area contributed by atoms with E-state index in [4.69, 9.17) is 5.73 Å². The highest BCUT2D eigenvalue weighted by molar-refractivity contribution is 7.98. The van der Waals surface area contributed by atoms with Gasteiger partial charge in [0.05, 0.1) is 4.90 Å². The first-order valence-corrected chi connectivity index (χ1v) is 9.07. The number of benzene rings is 2. The minimum atomic E-state index is -3.12. The molecule has 0 amide bonds. The van der Waals surface area contributed by atoms with Gasteiger partial charge in [-0.15, -0.1) is 11.8 Å². The third-order valence-corrected chi connectivity index (χ3v) is 5.13. The molecule has 5 heteroatoms. The average molecular weight is 307 g/mol. The van der Waals surface area contributed by atoms with Gasteiger partial charge in [0.25, 0.3) is 0 Å². The van der Waals surface area contributed by atoms with Crippen LogP contribution in [0.2, 0.25) is 0 Å². The Morgan fingerprint density at radius 2 is 1.50 bits per heavy atom. The van der Waals surface area contributed by atoms with Crippen molar-refractivity contribution in [3.05, 3.63) is 59.7 Å². The molecule has 2 aromatic carbocycles. The Balaban J connectivity index is 2.00. The van der Waals surface area contributed by atoms with Gasteiger partial charge in [-0.25, -0.2) is 8.42 Å². The number of sulfone groups is 1. The Labute approximate surface area is 124 Å². The van der Waals surface area contributed by atoms with Crippen molar-refractivity contribution in [3.8, 4) is 0 Å². The van der Waals surface area contributed by atoms with E-state index in [1.54, 1.807) is 23.9 Å². The van der Waals surface area contributed by atoms with E-state index in [0.717, 1.165) is 16.2 Å². The summed E-state index contributed by atoms with van der Waals surface area (Å²) >= 11 is 1.68. The van der Waals surface area contributed by atoms with E-state index < -0.39 is 9.84 Å². The van der Waals surface area contributed by atoms with Gasteiger partial charge in [0, 0.05) is 23.4 Å². The molecule has 106 valence electrons. The molecule has 0 saturated carbocycles. The summed E-state index contributed by atoms with van der Waals surface area (Å²) in [5.41, 5.74) is 7.90. The minimum Gasteiger partial charge on any atom is -0.326 e. The maximum Gasteiger partial charge on any atom is 0.175 e. The molecule has 2 aromatic rings. The van der Waals surface area contributed by atoms with E-state index in [0.29, 0.717) is 11.4 Å². The van der Waals surface area contributed by atoms with Gasteiger partial charge in [-0.05, 0) is 35.4 Å². The van der Waals surface area contributed by atoms with Crippen molar-refractivity contribution in [1.29, 1.82) is 0 Å². The lowest BCUT2D eigenvalue weighted by atomic mass is 10.1. The summed E-state index contributed by atoms with van der Waals surface area (Å²) in [6.45, 7) is 0.556. The third kappa shape index (κ3) is 4.10. The number of hydrogen-bond donors (Lipinski definition) is 1. The highest BCUT2D eigenvalue weighted by Gasteiger charge is 2.06. The summed E-state index contributed by atoms with van der Waals surface area (Å²) < 4.78 is 22.7.